The Kier molecular flexibility index (Phi) is 6.21. The van der Waals surface area contributed by atoms with Crippen molar-refractivity contribution in [2.75, 3.05) is 12.4 Å². The van der Waals surface area contributed by atoms with Gasteiger partial charge in [0, 0.05) is 11.9 Å². The van der Waals surface area contributed by atoms with Crippen LogP contribution >= 0.6 is 11.8 Å². The number of hydrogen-bond donors (Lipinski definition) is 1. The summed E-state index contributed by atoms with van der Waals surface area (Å²) in [5, 5.41) is 12.2. The Morgan fingerprint density at radius 1 is 1.29 bits per heavy atom. The third kappa shape index (κ3) is 4.74. The number of methoxy groups -OCH3 is 1. The van der Waals surface area contributed by atoms with Crippen LogP contribution in [0.25, 0.3) is 0 Å². The van der Waals surface area contributed by atoms with Gasteiger partial charge in [-0.25, -0.2) is 4.98 Å². The molecule has 0 saturated carbocycles. The lowest BCUT2D eigenvalue weighted by Crippen LogP contribution is -2.29. The van der Waals surface area contributed by atoms with Gasteiger partial charge in [0.1, 0.15) is 5.75 Å². The van der Waals surface area contributed by atoms with Gasteiger partial charge in [0.2, 0.25) is 5.91 Å². The molecule has 5 nitrogen and oxygen atoms in total. The van der Waals surface area contributed by atoms with E-state index in [1.54, 1.807) is 49.7 Å². The topological polar surface area (TPSA) is 75.0 Å². The van der Waals surface area contributed by atoms with Crippen molar-refractivity contribution in [2.45, 2.75) is 24.1 Å². The molecule has 1 aromatic heterocycles. The number of nitrogens with one attached hydrogen (secondary N) is 1. The van der Waals surface area contributed by atoms with Crippen LogP contribution in [0.2, 0.25) is 0 Å². The second-order valence-corrected chi connectivity index (χ2v) is 6.66. The summed E-state index contributed by atoms with van der Waals surface area (Å²) in [6.45, 7) is 3.97. The fraction of sp³-hybridized carbons (Fsp3) is 0.278. The molecule has 6 heteroatoms. The highest BCUT2D eigenvalue weighted by Crippen LogP contribution is 2.28. The molecule has 2 rings (SSSR count). The third-order valence-corrected chi connectivity index (χ3v) is 4.81. The van der Waals surface area contributed by atoms with Gasteiger partial charge in [0.15, 0.2) is 0 Å². The predicted molar refractivity (Wildman–Crippen MR) is 95.1 cm³/mol. The fourth-order valence-corrected chi connectivity index (χ4v) is 3.07. The fourth-order valence-electron chi connectivity index (χ4n) is 2.05. The molecule has 0 spiro atoms. The van der Waals surface area contributed by atoms with Crippen molar-refractivity contribution in [1.29, 1.82) is 5.26 Å². The van der Waals surface area contributed by atoms with Crippen LogP contribution in [0.15, 0.2) is 47.6 Å². The molecule has 0 fully saturated rings. The molecule has 124 valence electrons. The maximum absolute atomic E-state index is 12.6. The summed E-state index contributed by atoms with van der Waals surface area (Å²) >= 11 is 1.36. The van der Waals surface area contributed by atoms with Crippen molar-refractivity contribution in [3.05, 3.63) is 48.2 Å². The smallest absolute Gasteiger partial charge is 0.238 e. The lowest BCUT2D eigenvalue weighted by atomic mass is 10.1. The van der Waals surface area contributed by atoms with Crippen LogP contribution in [0.1, 0.15) is 19.4 Å². The first kappa shape index (κ1) is 17.8. The van der Waals surface area contributed by atoms with Crippen LogP contribution < -0.4 is 10.1 Å². The van der Waals surface area contributed by atoms with Gasteiger partial charge >= 0.3 is 0 Å². The summed E-state index contributed by atoms with van der Waals surface area (Å²) in [4.78, 5) is 16.8. The lowest BCUT2D eigenvalue weighted by Gasteiger charge is -2.19. The Labute approximate surface area is 146 Å². The number of rotatable bonds is 6. The summed E-state index contributed by atoms with van der Waals surface area (Å²) in [7, 11) is 1.60. The van der Waals surface area contributed by atoms with Crippen molar-refractivity contribution < 1.29 is 9.53 Å². The molecule has 0 saturated heterocycles. The van der Waals surface area contributed by atoms with E-state index in [1.807, 2.05) is 13.8 Å². The second kappa shape index (κ2) is 8.37. The number of benzene rings is 1. The van der Waals surface area contributed by atoms with Crippen LogP contribution in [0.5, 0.6) is 5.75 Å². The van der Waals surface area contributed by atoms with E-state index < -0.39 is 0 Å². The number of amides is 1. The van der Waals surface area contributed by atoms with Gasteiger partial charge in [-0.1, -0.05) is 25.6 Å². The van der Waals surface area contributed by atoms with E-state index in [2.05, 4.69) is 16.4 Å². The van der Waals surface area contributed by atoms with Gasteiger partial charge in [-0.3, -0.25) is 4.79 Å². The van der Waals surface area contributed by atoms with Gasteiger partial charge < -0.3 is 10.1 Å². The minimum absolute atomic E-state index is 0.0932. The monoisotopic (exact) mass is 341 g/mol. The average Bonchev–Trinajstić information content (AvgIpc) is 2.60. The SMILES string of the molecule is COc1ccc(NC(=O)C(Sc2cc(C#N)ccn2)C(C)C)cc1. The first-order valence-corrected chi connectivity index (χ1v) is 8.39. The Morgan fingerprint density at radius 3 is 2.58 bits per heavy atom. The van der Waals surface area contributed by atoms with Crippen LogP contribution in [0, 0.1) is 17.2 Å². The van der Waals surface area contributed by atoms with Crippen LogP contribution in [-0.2, 0) is 4.79 Å². The quantitative estimate of drug-likeness (QED) is 0.811. The maximum atomic E-state index is 12.6. The summed E-state index contributed by atoms with van der Waals surface area (Å²) in [5.41, 5.74) is 1.25. The Hall–Kier alpha value is -2.52. The molecule has 0 aliphatic carbocycles. The number of hydrogen-bond acceptors (Lipinski definition) is 5. The van der Waals surface area contributed by atoms with Gasteiger partial charge in [-0.2, -0.15) is 5.26 Å². The standard InChI is InChI=1S/C18H19N3O2S/c1-12(2)17(24-16-10-13(11-19)8-9-20-16)18(22)21-14-4-6-15(23-3)7-5-14/h4-10,12,17H,1-3H3,(H,21,22). The highest BCUT2D eigenvalue weighted by atomic mass is 32.2. The molecule has 0 radical (unpaired) electrons. The number of anilines is 1. The highest BCUT2D eigenvalue weighted by Gasteiger charge is 2.24. The normalized spacial score (nSPS) is 11.6. The number of nitrogens with zero attached hydrogens (tertiary/aromatic N) is 2. The molecular weight excluding hydrogens is 322 g/mol. The molecule has 1 N–H and O–H groups in total. The average molecular weight is 341 g/mol. The first-order chi connectivity index (χ1) is 11.5. The van der Waals surface area contributed by atoms with E-state index in [4.69, 9.17) is 10.00 Å². The lowest BCUT2D eigenvalue weighted by molar-refractivity contribution is -0.116. The zero-order chi connectivity index (χ0) is 17.5. The number of carbonyl (C=O) groups is 1. The van der Waals surface area contributed by atoms with E-state index in [9.17, 15) is 4.79 Å². The van der Waals surface area contributed by atoms with E-state index in [1.165, 1.54) is 11.8 Å². The van der Waals surface area contributed by atoms with Gasteiger partial charge in [-0.05, 0) is 42.3 Å². The number of thioether (sulfide) groups is 1. The van der Waals surface area contributed by atoms with E-state index >= 15 is 0 Å². The van der Waals surface area contributed by atoms with Crippen molar-refractivity contribution in [3.63, 3.8) is 0 Å². The van der Waals surface area contributed by atoms with E-state index in [0.29, 0.717) is 16.3 Å². The first-order valence-electron chi connectivity index (χ1n) is 7.51. The Morgan fingerprint density at radius 2 is 2.00 bits per heavy atom. The summed E-state index contributed by atoms with van der Waals surface area (Å²) in [6.07, 6.45) is 1.58. The maximum Gasteiger partial charge on any atom is 0.238 e. The Bertz CT molecular complexity index is 739. The number of carbonyl (C=O) groups excluding carboxylic acids is 1. The summed E-state index contributed by atoms with van der Waals surface area (Å²) in [5.74, 6) is 0.755. The van der Waals surface area contributed by atoms with Crippen molar-refractivity contribution in [3.8, 4) is 11.8 Å². The molecule has 24 heavy (non-hydrogen) atoms. The number of aromatic nitrogens is 1. The van der Waals surface area contributed by atoms with Gasteiger partial charge in [0.05, 0.1) is 29.0 Å². The predicted octanol–water partition coefficient (Wildman–Crippen LogP) is 3.72. The molecule has 1 aromatic carbocycles. The number of ether oxygens (including phenoxy) is 1. The van der Waals surface area contributed by atoms with Crippen molar-refractivity contribution in [1.82, 2.24) is 4.98 Å². The molecular formula is C18H19N3O2S. The zero-order valence-electron chi connectivity index (χ0n) is 13.8. The van der Waals surface area contributed by atoms with E-state index in [0.717, 1.165) is 5.75 Å². The highest BCUT2D eigenvalue weighted by molar-refractivity contribution is 8.00. The molecule has 0 bridgehead atoms. The molecule has 1 amide bonds. The van der Waals surface area contributed by atoms with Crippen LogP contribution in [0.3, 0.4) is 0 Å². The molecule has 1 atom stereocenters. The van der Waals surface area contributed by atoms with Crippen molar-refractivity contribution >= 4 is 23.4 Å². The molecule has 1 heterocycles. The van der Waals surface area contributed by atoms with Crippen molar-refractivity contribution in [2.24, 2.45) is 5.92 Å². The van der Waals surface area contributed by atoms with Gasteiger partial charge in [-0.15, -0.1) is 0 Å². The zero-order valence-corrected chi connectivity index (χ0v) is 14.6. The molecule has 0 aliphatic heterocycles. The summed E-state index contributed by atoms with van der Waals surface area (Å²) < 4.78 is 5.11. The second-order valence-electron chi connectivity index (χ2n) is 5.49. The minimum atomic E-state index is -0.312. The molecule has 1 unspecified atom stereocenters. The minimum Gasteiger partial charge on any atom is -0.497 e. The Balaban J connectivity index is 2.11. The summed E-state index contributed by atoms with van der Waals surface area (Å²) in [6, 6.07) is 12.6. The number of nitriles is 1. The molecule has 0 aliphatic rings. The van der Waals surface area contributed by atoms with Gasteiger partial charge in [0.25, 0.3) is 0 Å². The van der Waals surface area contributed by atoms with Crippen LogP contribution in [-0.4, -0.2) is 23.3 Å². The molecule has 2 aromatic rings. The number of pyridine rings is 1. The van der Waals surface area contributed by atoms with Crippen LogP contribution in [0.4, 0.5) is 5.69 Å². The van der Waals surface area contributed by atoms with E-state index in [-0.39, 0.29) is 17.1 Å². The third-order valence-electron chi connectivity index (χ3n) is 3.33. The largest absolute Gasteiger partial charge is 0.497 e.